The minimum atomic E-state index is -0.492. The molecule has 0 aromatic rings. The van der Waals surface area contributed by atoms with Gasteiger partial charge in [-0.3, -0.25) is 0 Å². The van der Waals surface area contributed by atoms with Crippen LogP contribution in [0.4, 0.5) is 0 Å². The zero-order chi connectivity index (χ0) is 12.1. The highest BCUT2D eigenvalue weighted by Crippen LogP contribution is 2.08. The molecule has 0 bridgehead atoms. The smallest absolute Gasteiger partial charge is 0.0895 e. The highest BCUT2D eigenvalue weighted by atomic mass is 35.5. The number of hydrogen-bond acceptors (Lipinski definition) is 3. The van der Waals surface area contributed by atoms with E-state index in [4.69, 9.17) is 15.6 Å². The fraction of sp³-hybridized carbons (Fsp3) is 1.00. The van der Waals surface area contributed by atoms with Crippen LogP contribution in [0.5, 0.6) is 0 Å². The molecule has 17 heavy (non-hydrogen) atoms. The van der Waals surface area contributed by atoms with Crippen molar-refractivity contribution < 1.29 is 9.84 Å². The zero-order valence-electron chi connectivity index (χ0n) is 11.2. The Morgan fingerprint density at radius 2 is 1.53 bits per heavy atom. The van der Waals surface area contributed by atoms with E-state index in [2.05, 4.69) is 6.92 Å². The van der Waals surface area contributed by atoms with Crippen molar-refractivity contribution in [3.05, 3.63) is 0 Å². The van der Waals surface area contributed by atoms with Gasteiger partial charge >= 0.3 is 0 Å². The molecular weight excluding hydrogens is 238 g/mol. The number of ether oxygens (including phenoxy) is 1. The summed E-state index contributed by atoms with van der Waals surface area (Å²) in [5.41, 5.74) is 5.26. The Balaban J connectivity index is 0. The Morgan fingerprint density at radius 3 is 2.06 bits per heavy atom. The maximum Gasteiger partial charge on any atom is 0.0895 e. The number of aliphatic hydroxyl groups excluding tert-OH is 1. The van der Waals surface area contributed by atoms with Gasteiger partial charge in [-0.2, -0.15) is 0 Å². The summed E-state index contributed by atoms with van der Waals surface area (Å²) in [6.45, 7) is 3.67. The number of halogens is 1. The molecule has 0 rings (SSSR count). The van der Waals surface area contributed by atoms with Gasteiger partial charge in [0.05, 0.1) is 12.7 Å². The third kappa shape index (κ3) is 16.2. The molecule has 1 unspecified atom stereocenters. The predicted molar refractivity (Wildman–Crippen MR) is 75.7 cm³/mol. The first-order valence-electron chi connectivity index (χ1n) is 6.77. The lowest BCUT2D eigenvalue weighted by atomic mass is 10.1. The average molecular weight is 268 g/mol. The minimum absolute atomic E-state index is 0. The Hall–Kier alpha value is 0.170. The molecule has 4 heteroatoms. The van der Waals surface area contributed by atoms with Gasteiger partial charge in [0.25, 0.3) is 0 Å². The third-order valence-corrected chi connectivity index (χ3v) is 2.72. The number of rotatable bonds is 12. The van der Waals surface area contributed by atoms with Crippen LogP contribution in [0.2, 0.25) is 0 Å². The van der Waals surface area contributed by atoms with Gasteiger partial charge < -0.3 is 15.6 Å². The Labute approximate surface area is 113 Å². The van der Waals surface area contributed by atoms with Crippen molar-refractivity contribution in [1.29, 1.82) is 0 Å². The van der Waals surface area contributed by atoms with Crippen LogP contribution >= 0.6 is 12.4 Å². The maximum atomic E-state index is 9.13. The number of unbranched alkanes of at least 4 members (excludes halogenated alkanes) is 7. The lowest BCUT2D eigenvalue weighted by molar-refractivity contribution is 0.0396. The van der Waals surface area contributed by atoms with Crippen molar-refractivity contribution in [2.24, 2.45) is 5.73 Å². The van der Waals surface area contributed by atoms with Gasteiger partial charge in [-0.1, -0.05) is 51.9 Å². The normalized spacial score (nSPS) is 12.2. The van der Waals surface area contributed by atoms with Gasteiger partial charge in [0, 0.05) is 13.2 Å². The fourth-order valence-electron chi connectivity index (χ4n) is 1.63. The van der Waals surface area contributed by atoms with Crippen LogP contribution in [0.3, 0.4) is 0 Å². The molecule has 0 amide bonds. The maximum absolute atomic E-state index is 9.13. The van der Waals surface area contributed by atoms with Gasteiger partial charge in [-0.15, -0.1) is 12.4 Å². The van der Waals surface area contributed by atoms with Crippen molar-refractivity contribution in [2.75, 3.05) is 19.8 Å². The molecular formula is C13H30ClNO2. The molecule has 106 valence electrons. The second-order valence-corrected chi connectivity index (χ2v) is 4.44. The molecule has 0 aliphatic rings. The average Bonchev–Trinajstić information content (AvgIpc) is 2.31. The quantitative estimate of drug-likeness (QED) is 0.535. The van der Waals surface area contributed by atoms with Crippen LogP contribution in [-0.2, 0) is 4.74 Å². The highest BCUT2D eigenvalue weighted by Gasteiger charge is 1.99. The van der Waals surface area contributed by atoms with Crippen LogP contribution in [0.15, 0.2) is 0 Å². The molecule has 1 atom stereocenters. The highest BCUT2D eigenvalue weighted by molar-refractivity contribution is 5.85. The topological polar surface area (TPSA) is 55.5 Å². The molecule has 0 saturated carbocycles. The van der Waals surface area contributed by atoms with E-state index < -0.39 is 6.10 Å². The summed E-state index contributed by atoms with van der Waals surface area (Å²) in [6, 6.07) is 0. The van der Waals surface area contributed by atoms with Crippen molar-refractivity contribution >= 4 is 12.4 Å². The number of hydrogen-bond donors (Lipinski definition) is 2. The zero-order valence-corrected chi connectivity index (χ0v) is 12.0. The van der Waals surface area contributed by atoms with Gasteiger partial charge in [0.1, 0.15) is 0 Å². The SMILES string of the molecule is CCCCCCCCCCOCC(O)CN.Cl. The molecule has 0 fully saturated rings. The molecule has 3 nitrogen and oxygen atoms in total. The van der Waals surface area contributed by atoms with E-state index in [1.807, 2.05) is 0 Å². The molecule has 0 aliphatic heterocycles. The van der Waals surface area contributed by atoms with Crippen molar-refractivity contribution in [1.82, 2.24) is 0 Å². The second kappa shape index (κ2) is 16.2. The predicted octanol–water partition coefficient (Wildman–Crippen LogP) is 2.89. The van der Waals surface area contributed by atoms with Crippen LogP contribution in [0, 0.1) is 0 Å². The van der Waals surface area contributed by atoms with E-state index in [1.165, 1.54) is 44.9 Å². The summed E-state index contributed by atoms with van der Waals surface area (Å²) in [5.74, 6) is 0. The van der Waals surface area contributed by atoms with Crippen molar-refractivity contribution in [3.8, 4) is 0 Å². The Morgan fingerprint density at radius 1 is 1.00 bits per heavy atom. The summed E-state index contributed by atoms with van der Waals surface area (Å²) in [5, 5.41) is 9.13. The second-order valence-electron chi connectivity index (χ2n) is 4.44. The van der Waals surface area contributed by atoms with E-state index in [0.717, 1.165) is 13.0 Å². The molecule has 0 heterocycles. The molecule has 0 aromatic carbocycles. The molecule has 0 saturated heterocycles. The molecule has 3 N–H and O–H groups in total. The summed E-state index contributed by atoms with van der Waals surface area (Å²) >= 11 is 0. The van der Waals surface area contributed by atoms with Gasteiger partial charge in [-0.25, -0.2) is 0 Å². The first-order valence-corrected chi connectivity index (χ1v) is 6.77. The third-order valence-electron chi connectivity index (χ3n) is 2.72. The summed E-state index contributed by atoms with van der Waals surface area (Å²) in [4.78, 5) is 0. The van der Waals surface area contributed by atoms with E-state index in [1.54, 1.807) is 0 Å². The largest absolute Gasteiger partial charge is 0.389 e. The molecule has 0 spiro atoms. The molecule has 0 aliphatic carbocycles. The van der Waals surface area contributed by atoms with Crippen LogP contribution < -0.4 is 5.73 Å². The van der Waals surface area contributed by atoms with Crippen molar-refractivity contribution in [3.63, 3.8) is 0 Å². The van der Waals surface area contributed by atoms with Gasteiger partial charge in [-0.05, 0) is 6.42 Å². The lowest BCUT2D eigenvalue weighted by Crippen LogP contribution is -2.25. The van der Waals surface area contributed by atoms with Gasteiger partial charge in [0.15, 0.2) is 0 Å². The first kappa shape index (κ1) is 19.5. The minimum Gasteiger partial charge on any atom is -0.389 e. The van der Waals surface area contributed by atoms with E-state index in [9.17, 15) is 0 Å². The first-order chi connectivity index (χ1) is 7.81. The molecule has 0 aromatic heterocycles. The number of nitrogens with two attached hydrogens (primary N) is 1. The van der Waals surface area contributed by atoms with E-state index >= 15 is 0 Å². The van der Waals surface area contributed by atoms with Gasteiger partial charge in [0.2, 0.25) is 0 Å². The summed E-state index contributed by atoms with van der Waals surface area (Å²) in [7, 11) is 0. The Bertz CT molecular complexity index is 137. The number of aliphatic hydroxyl groups is 1. The Kier molecular flexibility index (Phi) is 18.6. The molecule has 0 radical (unpaired) electrons. The van der Waals surface area contributed by atoms with Crippen LogP contribution in [-0.4, -0.2) is 31.0 Å². The van der Waals surface area contributed by atoms with Crippen LogP contribution in [0.1, 0.15) is 58.3 Å². The monoisotopic (exact) mass is 267 g/mol. The summed E-state index contributed by atoms with van der Waals surface area (Å²) in [6.07, 6.45) is 9.97. The summed E-state index contributed by atoms with van der Waals surface area (Å²) < 4.78 is 5.30. The standard InChI is InChI=1S/C13H29NO2.ClH/c1-2-3-4-5-6-7-8-9-10-16-12-13(15)11-14;/h13,15H,2-12,14H2,1H3;1H. The fourth-order valence-corrected chi connectivity index (χ4v) is 1.63. The van der Waals surface area contributed by atoms with Crippen molar-refractivity contribution in [2.45, 2.75) is 64.4 Å². The lowest BCUT2D eigenvalue weighted by Gasteiger charge is -2.08. The van der Waals surface area contributed by atoms with E-state index in [-0.39, 0.29) is 19.0 Å². The van der Waals surface area contributed by atoms with E-state index in [0.29, 0.717) is 6.61 Å². The van der Waals surface area contributed by atoms with Crippen LogP contribution in [0.25, 0.3) is 0 Å².